The molecule has 0 aromatic carbocycles. The molecule has 1 aromatic rings. The summed E-state index contributed by atoms with van der Waals surface area (Å²) in [6.45, 7) is 11.4. The van der Waals surface area contributed by atoms with Gasteiger partial charge in [-0.3, -0.25) is 4.68 Å². The van der Waals surface area contributed by atoms with Gasteiger partial charge in [0, 0.05) is 17.6 Å². The van der Waals surface area contributed by atoms with Crippen LogP contribution < -0.4 is 5.32 Å². The molecule has 0 amide bonds. The summed E-state index contributed by atoms with van der Waals surface area (Å²) in [5, 5.41) is 8.12. The number of aromatic nitrogens is 2. The molecule has 0 spiro atoms. The van der Waals surface area contributed by atoms with E-state index in [4.69, 9.17) is 4.74 Å². The maximum Gasteiger partial charge on any atom is 0.0705 e. The number of rotatable bonds is 9. The second-order valence-corrected chi connectivity index (χ2v) is 8.72. The average Bonchev–Trinajstić information content (AvgIpc) is 2.77. The van der Waals surface area contributed by atoms with Crippen molar-refractivity contribution in [1.82, 2.24) is 15.1 Å². The predicted octanol–water partition coefficient (Wildman–Crippen LogP) is 3.86. The van der Waals surface area contributed by atoms with Crippen LogP contribution in [0.3, 0.4) is 0 Å². The molecule has 1 atom stereocenters. The third kappa shape index (κ3) is 6.72. The van der Waals surface area contributed by atoms with Gasteiger partial charge in [0.25, 0.3) is 0 Å². The summed E-state index contributed by atoms with van der Waals surface area (Å²) < 4.78 is 8.56. The predicted molar refractivity (Wildman–Crippen MR) is 95.0 cm³/mol. The molecule has 6 heteroatoms. The van der Waals surface area contributed by atoms with Gasteiger partial charge in [-0.15, -0.1) is 0 Å². The van der Waals surface area contributed by atoms with Crippen LogP contribution in [0.5, 0.6) is 0 Å². The smallest absolute Gasteiger partial charge is 0.0705 e. The Bertz CT molecular complexity index is 418. The quantitative estimate of drug-likeness (QED) is 0.708. The third-order valence-corrected chi connectivity index (χ3v) is 4.97. The number of thioether (sulfide) groups is 1. The van der Waals surface area contributed by atoms with Crippen LogP contribution in [0.4, 0.5) is 0 Å². The molecule has 0 saturated carbocycles. The minimum atomic E-state index is 0.260. The number of nitrogens with zero attached hydrogens (tertiary/aromatic N) is 2. The molecule has 1 heterocycles. The standard InChI is InChI=1S/C15H28BrN3OS/c1-6-7-17-13(11-21-15(2,3)4)14-12(16)10-18-19(14)8-9-20-5/h10,13,17H,6-9,11H2,1-5H3. The van der Waals surface area contributed by atoms with E-state index in [9.17, 15) is 0 Å². The van der Waals surface area contributed by atoms with Crippen molar-refractivity contribution in [2.75, 3.05) is 26.0 Å². The summed E-state index contributed by atoms with van der Waals surface area (Å²) in [7, 11) is 1.72. The van der Waals surface area contributed by atoms with Gasteiger partial charge in [0.2, 0.25) is 0 Å². The molecule has 21 heavy (non-hydrogen) atoms. The van der Waals surface area contributed by atoms with Gasteiger partial charge >= 0.3 is 0 Å². The zero-order valence-electron chi connectivity index (χ0n) is 13.8. The Balaban J connectivity index is 2.87. The topological polar surface area (TPSA) is 39.1 Å². The average molecular weight is 378 g/mol. The summed E-state index contributed by atoms with van der Waals surface area (Å²) in [5.41, 5.74) is 1.22. The Morgan fingerprint density at radius 2 is 2.19 bits per heavy atom. The highest BCUT2D eigenvalue weighted by atomic mass is 79.9. The van der Waals surface area contributed by atoms with Gasteiger partial charge in [0.05, 0.1) is 35.6 Å². The molecular formula is C15H28BrN3OS. The number of methoxy groups -OCH3 is 1. The first-order valence-corrected chi connectivity index (χ1v) is 9.24. The van der Waals surface area contributed by atoms with Crippen LogP contribution >= 0.6 is 27.7 Å². The van der Waals surface area contributed by atoms with Crippen molar-refractivity contribution in [3.05, 3.63) is 16.4 Å². The molecule has 1 unspecified atom stereocenters. The van der Waals surface area contributed by atoms with Gasteiger partial charge in [-0.25, -0.2) is 0 Å². The van der Waals surface area contributed by atoms with Crippen LogP contribution in [0.1, 0.15) is 45.9 Å². The number of halogens is 1. The van der Waals surface area contributed by atoms with Crippen molar-refractivity contribution in [3.8, 4) is 0 Å². The molecule has 0 radical (unpaired) electrons. The van der Waals surface area contributed by atoms with E-state index >= 15 is 0 Å². The van der Waals surface area contributed by atoms with Gasteiger partial charge in [-0.1, -0.05) is 27.7 Å². The zero-order valence-corrected chi connectivity index (χ0v) is 16.2. The summed E-state index contributed by atoms with van der Waals surface area (Å²) in [4.78, 5) is 0. The summed E-state index contributed by atoms with van der Waals surface area (Å²) in [5.74, 6) is 1.03. The first-order valence-electron chi connectivity index (χ1n) is 7.46. The molecule has 1 rings (SSSR count). The summed E-state index contributed by atoms with van der Waals surface area (Å²) in [6.07, 6.45) is 3.01. The van der Waals surface area contributed by atoms with E-state index in [1.54, 1.807) is 7.11 Å². The maximum absolute atomic E-state index is 5.18. The van der Waals surface area contributed by atoms with Gasteiger partial charge in [0.1, 0.15) is 0 Å². The second-order valence-electron chi connectivity index (χ2n) is 6.02. The molecule has 1 aromatic heterocycles. The molecule has 1 N–H and O–H groups in total. The van der Waals surface area contributed by atoms with Gasteiger partial charge in [-0.05, 0) is 28.9 Å². The first-order chi connectivity index (χ1) is 9.89. The fraction of sp³-hybridized carbons (Fsp3) is 0.800. The fourth-order valence-electron chi connectivity index (χ4n) is 1.96. The highest BCUT2D eigenvalue weighted by molar-refractivity contribution is 9.10. The van der Waals surface area contributed by atoms with Crippen molar-refractivity contribution in [2.24, 2.45) is 0 Å². The summed E-state index contributed by atoms with van der Waals surface area (Å²) >= 11 is 5.62. The van der Waals surface area contributed by atoms with Gasteiger partial charge < -0.3 is 10.1 Å². The Labute approximate surface area is 141 Å². The number of hydrogen-bond acceptors (Lipinski definition) is 4. The van der Waals surface area contributed by atoms with E-state index in [1.165, 1.54) is 5.69 Å². The lowest BCUT2D eigenvalue weighted by Gasteiger charge is -2.25. The second kappa shape index (κ2) is 9.18. The molecule has 4 nitrogen and oxygen atoms in total. The lowest BCUT2D eigenvalue weighted by atomic mass is 10.2. The zero-order chi connectivity index (χ0) is 15.9. The van der Waals surface area contributed by atoms with E-state index in [1.807, 2.05) is 22.6 Å². The Kier molecular flexibility index (Phi) is 8.31. The number of hydrogen-bond donors (Lipinski definition) is 1. The number of ether oxygens (including phenoxy) is 1. The Morgan fingerprint density at radius 3 is 2.76 bits per heavy atom. The highest BCUT2D eigenvalue weighted by Gasteiger charge is 2.22. The molecule has 0 bridgehead atoms. The van der Waals surface area contributed by atoms with E-state index in [2.05, 4.69) is 54.0 Å². The minimum Gasteiger partial charge on any atom is -0.383 e. The van der Waals surface area contributed by atoms with Crippen LogP contribution in [-0.4, -0.2) is 40.5 Å². The molecule has 0 aliphatic heterocycles. The van der Waals surface area contributed by atoms with Crippen LogP contribution in [0, 0.1) is 0 Å². The maximum atomic E-state index is 5.18. The van der Waals surface area contributed by atoms with Crippen molar-refractivity contribution < 1.29 is 4.74 Å². The van der Waals surface area contributed by atoms with Crippen LogP contribution in [0.15, 0.2) is 10.7 Å². The van der Waals surface area contributed by atoms with Gasteiger partial charge in [-0.2, -0.15) is 16.9 Å². The van der Waals surface area contributed by atoms with Crippen molar-refractivity contribution in [3.63, 3.8) is 0 Å². The monoisotopic (exact) mass is 377 g/mol. The van der Waals surface area contributed by atoms with E-state index < -0.39 is 0 Å². The van der Waals surface area contributed by atoms with Crippen molar-refractivity contribution >= 4 is 27.7 Å². The molecule has 0 saturated heterocycles. The largest absolute Gasteiger partial charge is 0.383 e. The first kappa shape index (κ1) is 19.0. The lowest BCUT2D eigenvalue weighted by Crippen LogP contribution is -2.29. The molecular weight excluding hydrogens is 350 g/mol. The molecule has 122 valence electrons. The van der Waals surface area contributed by atoms with Crippen molar-refractivity contribution in [1.29, 1.82) is 0 Å². The highest BCUT2D eigenvalue weighted by Crippen LogP contribution is 2.31. The third-order valence-electron chi connectivity index (χ3n) is 2.99. The van der Waals surface area contributed by atoms with Crippen molar-refractivity contribution in [2.45, 2.75) is 51.4 Å². The van der Waals surface area contributed by atoms with E-state index in [0.29, 0.717) is 12.6 Å². The van der Waals surface area contributed by atoms with Gasteiger partial charge in [0.15, 0.2) is 0 Å². The molecule has 0 aliphatic carbocycles. The van der Waals surface area contributed by atoms with Crippen LogP contribution in [0.25, 0.3) is 0 Å². The molecule has 0 fully saturated rings. The van der Waals surface area contributed by atoms with E-state index in [0.717, 1.165) is 29.7 Å². The van der Waals surface area contributed by atoms with Crippen LogP contribution in [0.2, 0.25) is 0 Å². The van der Waals surface area contributed by atoms with Crippen LogP contribution in [-0.2, 0) is 11.3 Å². The number of nitrogens with one attached hydrogen (secondary N) is 1. The SMILES string of the molecule is CCCNC(CSC(C)(C)C)c1c(Br)cnn1CCOC. The Morgan fingerprint density at radius 1 is 1.48 bits per heavy atom. The molecule has 0 aliphatic rings. The lowest BCUT2D eigenvalue weighted by molar-refractivity contribution is 0.181. The Hall–Kier alpha value is -0.0400. The summed E-state index contributed by atoms with van der Waals surface area (Å²) in [6, 6.07) is 0.294. The van der Waals surface area contributed by atoms with E-state index in [-0.39, 0.29) is 4.75 Å². The normalized spacial score (nSPS) is 13.6. The minimum absolute atomic E-state index is 0.260. The fourth-order valence-corrected chi connectivity index (χ4v) is 3.48.